The molecule has 6 heteroatoms. The highest BCUT2D eigenvalue weighted by Crippen LogP contribution is 2.10. The molecular weight excluding hydrogens is 298 g/mol. The first-order valence-electron chi connectivity index (χ1n) is 6.61. The Morgan fingerprint density at radius 2 is 1.91 bits per heavy atom. The number of ether oxygens (including phenoxy) is 1. The van der Waals surface area contributed by atoms with Gasteiger partial charge in [0.15, 0.2) is 0 Å². The van der Waals surface area contributed by atoms with E-state index in [0.29, 0.717) is 10.9 Å². The summed E-state index contributed by atoms with van der Waals surface area (Å²) >= 11 is 5.20. The van der Waals surface area contributed by atoms with E-state index in [-0.39, 0.29) is 10.3 Å². The molecule has 0 aliphatic carbocycles. The predicted octanol–water partition coefficient (Wildman–Crippen LogP) is 2.95. The van der Waals surface area contributed by atoms with Gasteiger partial charge in [0.1, 0.15) is 5.75 Å². The highest BCUT2D eigenvalue weighted by Gasteiger charge is 2.03. The van der Waals surface area contributed by atoms with Gasteiger partial charge in [-0.3, -0.25) is 4.79 Å². The molecule has 0 atom stereocenters. The topological polar surface area (TPSA) is 59.4 Å². The number of fused-ring (bicyclic) bond motifs is 1. The molecule has 0 saturated heterocycles. The number of rotatable bonds is 3. The molecule has 1 heterocycles. The Morgan fingerprint density at radius 1 is 1.18 bits per heavy atom. The number of aromatic nitrogens is 2. The van der Waals surface area contributed by atoms with E-state index in [9.17, 15) is 4.79 Å². The first-order chi connectivity index (χ1) is 10.7. The van der Waals surface area contributed by atoms with E-state index in [1.807, 2.05) is 36.4 Å². The first kappa shape index (κ1) is 14.2. The van der Waals surface area contributed by atoms with E-state index in [4.69, 9.17) is 17.0 Å². The Morgan fingerprint density at radius 3 is 2.64 bits per heavy atom. The molecule has 0 aliphatic heterocycles. The number of nitrogens with one attached hydrogen (secondary N) is 1. The van der Waals surface area contributed by atoms with Gasteiger partial charge >= 0.3 is 0 Å². The molecule has 110 valence electrons. The summed E-state index contributed by atoms with van der Waals surface area (Å²) < 4.78 is 6.54. The van der Waals surface area contributed by atoms with Crippen LogP contribution in [-0.2, 0) is 0 Å². The monoisotopic (exact) mass is 311 g/mol. The number of aromatic amines is 1. The molecule has 3 aromatic rings. The van der Waals surface area contributed by atoms with E-state index < -0.39 is 0 Å². The summed E-state index contributed by atoms with van der Waals surface area (Å²) in [6.45, 7) is 0. The zero-order valence-corrected chi connectivity index (χ0v) is 12.6. The lowest BCUT2D eigenvalue weighted by atomic mass is 10.2. The fraction of sp³-hybridized carbons (Fsp3) is 0.0625. The molecule has 1 N–H and O–H groups in total. The van der Waals surface area contributed by atoms with Gasteiger partial charge in [0.25, 0.3) is 5.56 Å². The van der Waals surface area contributed by atoms with Crippen LogP contribution in [0.2, 0.25) is 0 Å². The van der Waals surface area contributed by atoms with Crippen LogP contribution in [0.5, 0.6) is 5.75 Å². The normalized spacial score (nSPS) is 11.1. The first-order valence-corrected chi connectivity index (χ1v) is 7.02. The van der Waals surface area contributed by atoms with E-state index in [2.05, 4.69) is 10.1 Å². The minimum absolute atomic E-state index is 0.246. The molecule has 3 rings (SSSR count). The maximum Gasteiger partial charge on any atom is 0.282 e. The number of para-hydroxylation sites is 1. The second-order valence-electron chi connectivity index (χ2n) is 4.61. The Labute approximate surface area is 131 Å². The fourth-order valence-corrected chi connectivity index (χ4v) is 2.31. The average Bonchev–Trinajstić information content (AvgIpc) is 2.55. The lowest BCUT2D eigenvalue weighted by molar-refractivity contribution is 0.415. The summed E-state index contributed by atoms with van der Waals surface area (Å²) in [5, 5.41) is 4.73. The maximum atomic E-state index is 12.4. The highest BCUT2D eigenvalue weighted by molar-refractivity contribution is 7.71. The number of nitrogens with zero attached hydrogens (tertiary/aromatic N) is 2. The maximum absolute atomic E-state index is 12.4. The van der Waals surface area contributed by atoms with Crippen LogP contribution in [0.3, 0.4) is 0 Å². The second-order valence-corrected chi connectivity index (χ2v) is 5.00. The molecule has 0 aliphatic rings. The SMILES string of the molecule is COc1ccc(/C=N\n2c(=S)[nH]c3ccccc3c2=O)cc1. The number of methoxy groups -OCH3 is 1. The van der Waals surface area contributed by atoms with Gasteiger partial charge < -0.3 is 9.72 Å². The minimum Gasteiger partial charge on any atom is -0.497 e. The lowest BCUT2D eigenvalue weighted by Crippen LogP contribution is -2.18. The van der Waals surface area contributed by atoms with Crippen molar-refractivity contribution in [1.29, 1.82) is 0 Å². The largest absolute Gasteiger partial charge is 0.497 e. The van der Waals surface area contributed by atoms with Crippen molar-refractivity contribution >= 4 is 29.3 Å². The third kappa shape index (κ3) is 2.68. The van der Waals surface area contributed by atoms with Gasteiger partial charge in [0.2, 0.25) is 4.77 Å². The van der Waals surface area contributed by atoms with E-state index in [0.717, 1.165) is 11.3 Å². The summed E-state index contributed by atoms with van der Waals surface area (Å²) in [6.07, 6.45) is 1.58. The molecule has 0 spiro atoms. The molecule has 0 unspecified atom stereocenters. The van der Waals surface area contributed by atoms with E-state index >= 15 is 0 Å². The molecular formula is C16H13N3O2S. The summed E-state index contributed by atoms with van der Waals surface area (Å²) in [4.78, 5) is 15.4. The number of hydrogen-bond acceptors (Lipinski definition) is 4. The van der Waals surface area contributed by atoms with Crippen LogP contribution in [0.4, 0.5) is 0 Å². The van der Waals surface area contributed by atoms with Crippen molar-refractivity contribution in [2.75, 3.05) is 7.11 Å². The molecule has 0 radical (unpaired) electrons. The van der Waals surface area contributed by atoms with Crippen LogP contribution in [0.1, 0.15) is 5.56 Å². The van der Waals surface area contributed by atoms with Crippen LogP contribution >= 0.6 is 12.2 Å². The standard InChI is InChI=1S/C16H13N3O2S/c1-21-12-8-6-11(7-9-12)10-17-19-15(20)13-4-2-3-5-14(13)18-16(19)22/h2-10H,1H3,(H,18,22)/b17-10-. The lowest BCUT2D eigenvalue weighted by Gasteiger charge is -2.02. The summed E-state index contributed by atoms with van der Waals surface area (Å²) in [7, 11) is 1.61. The average molecular weight is 311 g/mol. The quantitative estimate of drug-likeness (QED) is 0.597. The highest BCUT2D eigenvalue weighted by atomic mass is 32.1. The third-order valence-electron chi connectivity index (χ3n) is 3.22. The molecule has 1 aromatic heterocycles. The van der Waals surface area contributed by atoms with Crippen molar-refractivity contribution in [2.24, 2.45) is 5.10 Å². The molecule has 0 amide bonds. The van der Waals surface area contributed by atoms with Gasteiger partial charge in [-0.25, -0.2) is 0 Å². The van der Waals surface area contributed by atoms with Crippen molar-refractivity contribution in [3.8, 4) is 5.75 Å². The van der Waals surface area contributed by atoms with Crippen molar-refractivity contribution in [1.82, 2.24) is 9.66 Å². The zero-order valence-electron chi connectivity index (χ0n) is 11.8. The number of hydrogen-bond donors (Lipinski definition) is 1. The molecule has 5 nitrogen and oxygen atoms in total. The van der Waals surface area contributed by atoms with Crippen molar-refractivity contribution < 1.29 is 4.74 Å². The van der Waals surface area contributed by atoms with Crippen LogP contribution in [-0.4, -0.2) is 23.0 Å². The van der Waals surface area contributed by atoms with Crippen LogP contribution in [0, 0.1) is 4.77 Å². The summed E-state index contributed by atoms with van der Waals surface area (Å²) in [5.74, 6) is 0.761. The number of benzene rings is 2. The van der Waals surface area contributed by atoms with Crippen LogP contribution < -0.4 is 10.3 Å². The van der Waals surface area contributed by atoms with Crippen molar-refractivity contribution in [2.45, 2.75) is 0 Å². The smallest absolute Gasteiger partial charge is 0.282 e. The van der Waals surface area contributed by atoms with Crippen LogP contribution in [0.15, 0.2) is 58.4 Å². The van der Waals surface area contributed by atoms with Crippen LogP contribution in [0.25, 0.3) is 10.9 Å². The third-order valence-corrected chi connectivity index (χ3v) is 3.50. The van der Waals surface area contributed by atoms with Gasteiger partial charge in [-0.2, -0.15) is 9.78 Å². The zero-order chi connectivity index (χ0) is 15.5. The fourth-order valence-electron chi connectivity index (χ4n) is 2.07. The van der Waals surface area contributed by atoms with E-state index in [1.165, 1.54) is 4.68 Å². The number of H-pyrrole nitrogens is 1. The summed E-state index contributed by atoms with van der Waals surface area (Å²) in [5.41, 5.74) is 1.30. The molecule has 2 aromatic carbocycles. The molecule has 0 saturated carbocycles. The Bertz CT molecular complexity index is 956. The Hall–Kier alpha value is -2.73. The Balaban J connectivity index is 2.04. The molecule has 22 heavy (non-hydrogen) atoms. The van der Waals surface area contributed by atoms with Crippen molar-refractivity contribution in [3.05, 3.63) is 69.2 Å². The van der Waals surface area contributed by atoms with Gasteiger partial charge in [-0.15, -0.1) is 0 Å². The molecule has 0 fully saturated rings. The van der Waals surface area contributed by atoms with E-state index in [1.54, 1.807) is 25.5 Å². The van der Waals surface area contributed by atoms with Gasteiger partial charge in [-0.1, -0.05) is 12.1 Å². The molecule has 0 bridgehead atoms. The summed E-state index contributed by atoms with van der Waals surface area (Å²) in [6, 6.07) is 14.5. The van der Waals surface area contributed by atoms with Gasteiger partial charge in [0.05, 0.1) is 24.2 Å². The Kier molecular flexibility index (Phi) is 3.84. The second kappa shape index (κ2) is 5.95. The van der Waals surface area contributed by atoms with Gasteiger partial charge in [-0.05, 0) is 54.2 Å². The van der Waals surface area contributed by atoms with Crippen molar-refractivity contribution in [3.63, 3.8) is 0 Å². The minimum atomic E-state index is -0.246. The van der Waals surface area contributed by atoms with Gasteiger partial charge in [0, 0.05) is 0 Å². The predicted molar refractivity (Wildman–Crippen MR) is 89.4 cm³/mol.